The zero-order chi connectivity index (χ0) is 10.8. The number of nitrogens with one attached hydrogen (secondary N) is 1. The molecule has 0 radical (unpaired) electrons. The number of nitrogen functional groups attached to an aromatic ring is 1. The molecule has 0 unspecified atom stereocenters. The highest BCUT2D eigenvalue weighted by Gasteiger charge is 2.06. The topological polar surface area (TPSA) is 71.8 Å². The van der Waals surface area contributed by atoms with Crippen LogP contribution in [0.5, 0.6) is 0 Å². The van der Waals surface area contributed by atoms with Gasteiger partial charge in [-0.05, 0) is 17.7 Å². The van der Waals surface area contributed by atoms with Crippen molar-refractivity contribution in [2.45, 2.75) is 0 Å². The Morgan fingerprint density at radius 3 is 2.93 bits per heavy atom. The third-order valence-electron chi connectivity index (χ3n) is 2.03. The normalized spacial score (nSPS) is 10.2. The van der Waals surface area contributed by atoms with Crippen molar-refractivity contribution in [1.29, 1.82) is 0 Å². The average Bonchev–Trinajstić information content (AvgIpc) is 2.22. The summed E-state index contributed by atoms with van der Waals surface area (Å²) in [6.45, 7) is 0. The highest BCUT2D eigenvalue weighted by Crippen LogP contribution is 2.24. The minimum atomic E-state index is -0.368. The van der Waals surface area contributed by atoms with Crippen molar-refractivity contribution in [1.82, 2.24) is 10.2 Å². The molecule has 1 heterocycles. The van der Waals surface area contributed by atoms with Gasteiger partial charge in [-0.25, -0.2) is 5.10 Å². The standard InChI is InChI=1S/C10H8BrN3O/c11-7-3-1-2-6(4-7)8-5-13-14-10(15)9(8)12/h1-5H,(H2,12,13)(H,14,15). The summed E-state index contributed by atoms with van der Waals surface area (Å²) in [5.41, 5.74) is 6.98. The fourth-order valence-corrected chi connectivity index (χ4v) is 1.69. The molecule has 0 spiro atoms. The molecule has 0 aliphatic carbocycles. The van der Waals surface area contributed by atoms with E-state index in [0.717, 1.165) is 10.0 Å². The lowest BCUT2D eigenvalue weighted by Crippen LogP contribution is -2.13. The van der Waals surface area contributed by atoms with Gasteiger partial charge in [0, 0.05) is 10.0 Å². The molecule has 0 aliphatic rings. The van der Waals surface area contributed by atoms with Crippen molar-refractivity contribution >= 4 is 21.6 Å². The Labute approximate surface area is 94.3 Å². The van der Waals surface area contributed by atoms with Crippen molar-refractivity contribution in [3.63, 3.8) is 0 Å². The first-order valence-corrected chi connectivity index (χ1v) is 5.07. The van der Waals surface area contributed by atoms with E-state index < -0.39 is 0 Å². The number of rotatable bonds is 1. The zero-order valence-electron chi connectivity index (χ0n) is 7.70. The molecule has 0 saturated carbocycles. The maximum Gasteiger partial charge on any atom is 0.287 e. The first-order valence-electron chi connectivity index (χ1n) is 4.27. The number of nitrogens with two attached hydrogens (primary N) is 1. The van der Waals surface area contributed by atoms with Gasteiger partial charge in [-0.3, -0.25) is 4.79 Å². The van der Waals surface area contributed by atoms with E-state index >= 15 is 0 Å². The number of benzene rings is 1. The number of hydrogen-bond acceptors (Lipinski definition) is 3. The number of hydrogen-bond donors (Lipinski definition) is 2. The highest BCUT2D eigenvalue weighted by molar-refractivity contribution is 9.10. The number of anilines is 1. The van der Waals surface area contributed by atoms with Gasteiger partial charge >= 0.3 is 0 Å². The average molecular weight is 266 g/mol. The van der Waals surface area contributed by atoms with Gasteiger partial charge in [0.15, 0.2) is 0 Å². The van der Waals surface area contributed by atoms with Crippen molar-refractivity contribution < 1.29 is 0 Å². The second kappa shape index (κ2) is 3.86. The van der Waals surface area contributed by atoms with Crippen LogP contribution in [0.15, 0.2) is 39.7 Å². The van der Waals surface area contributed by atoms with Gasteiger partial charge < -0.3 is 5.73 Å². The Morgan fingerprint density at radius 2 is 2.20 bits per heavy atom. The maximum atomic E-state index is 11.2. The molecule has 2 aromatic rings. The van der Waals surface area contributed by atoms with Crippen molar-refractivity contribution in [3.8, 4) is 11.1 Å². The number of halogens is 1. The summed E-state index contributed by atoms with van der Waals surface area (Å²) in [5, 5.41) is 6.00. The van der Waals surface area contributed by atoms with Crippen LogP contribution in [0.1, 0.15) is 0 Å². The molecule has 76 valence electrons. The molecule has 0 bridgehead atoms. The summed E-state index contributed by atoms with van der Waals surface area (Å²) in [7, 11) is 0. The predicted molar refractivity (Wildman–Crippen MR) is 62.4 cm³/mol. The van der Waals surface area contributed by atoms with Crippen LogP contribution in [0, 0.1) is 0 Å². The van der Waals surface area contributed by atoms with Gasteiger partial charge in [0.25, 0.3) is 5.56 Å². The van der Waals surface area contributed by atoms with Crippen molar-refractivity contribution in [3.05, 3.63) is 45.3 Å². The monoisotopic (exact) mass is 265 g/mol. The lowest BCUT2D eigenvalue weighted by atomic mass is 10.1. The van der Waals surface area contributed by atoms with Gasteiger partial charge in [-0.1, -0.05) is 28.1 Å². The molecular formula is C10H8BrN3O. The first-order chi connectivity index (χ1) is 7.18. The Bertz CT molecular complexity index is 550. The third kappa shape index (κ3) is 1.92. The van der Waals surface area contributed by atoms with Crippen molar-refractivity contribution in [2.24, 2.45) is 0 Å². The fourth-order valence-electron chi connectivity index (χ4n) is 1.29. The van der Waals surface area contributed by atoms with Gasteiger partial charge in [-0.2, -0.15) is 5.10 Å². The molecule has 0 atom stereocenters. The number of aromatic amines is 1. The van der Waals surface area contributed by atoms with Crippen LogP contribution < -0.4 is 11.3 Å². The Balaban J connectivity index is 2.64. The largest absolute Gasteiger partial charge is 0.394 e. The van der Waals surface area contributed by atoms with Crippen LogP contribution in [0.25, 0.3) is 11.1 Å². The molecule has 5 heteroatoms. The lowest BCUT2D eigenvalue weighted by molar-refractivity contribution is 0.995. The second-order valence-corrected chi connectivity index (χ2v) is 3.95. The summed E-state index contributed by atoms with van der Waals surface area (Å²) >= 11 is 3.36. The minimum absolute atomic E-state index is 0.183. The van der Waals surface area contributed by atoms with Crippen molar-refractivity contribution in [2.75, 3.05) is 5.73 Å². The molecule has 0 amide bonds. The van der Waals surface area contributed by atoms with Crippen LogP contribution in [-0.2, 0) is 0 Å². The summed E-state index contributed by atoms with van der Waals surface area (Å²) in [4.78, 5) is 11.2. The maximum absolute atomic E-state index is 11.2. The zero-order valence-corrected chi connectivity index (χ0v) is 9.28. The summed E-state index contributed by atoms with van der Waals surface area (Å²) in [5.74, 6) is 0. The summed E-state index contributed by atoms with van der Waals surface area (Å²) in [6.07, 6.45) is 1.54. The van der Waals surface area contributed by atoms with Crippen LogP contribution in [0.2, 0.25) is 0 Å². The van der Waals surface area contributed by atoms with Gasteiger partial charge in [0.2, 0.25) is 0 Å². The summed E-state index contributed by atoms with van der Waals surface area (Å²) in [6, 6.07) is 7.53. The van der Waals surface area contributed by atoms with E-state index in [4.69, 9.17) is 5.73 Å². The van der Waals surface area contributed by atoms with Crippen LogP contribution in [0.4, 0.5) is 5.69 Å². The van der Waals surface area contributed by atoms with E-state index in [9.17, 15) is 4.79 Å². The summed E-state index contributed by atoms with van der Waals surface area (Å²) < 4.78 is 0.930. The molecule has 15 heavy (non-hydrogen) atoms. The van der Waals surface area contributed by atoms with Crippen LogP contribution >= 0.6 is 15.9 Å². The van der Waals surface area contributed by atoms with E-state index in [0.29, 0.717) is 5.56 Å². The Kier molecular flexibility index (Phi) is 2.55. The molecule has 4 nitrogen and oxygen atoms in total. The van der Waals surface area contributed by atoms with Gasteiger partial charge in [-0.15, -0.1) is 0 Å². The van der Waals surface area contributed by atoms with Gasteiger partial charge in [0.05, 0.1) is 6.20 Å². The van der Waals surface area contributed by atoms with E-state index in [1.807, 2.05) is 24.3 Å². The second-order valence-electron chi connectivity index (χ2n) is 3.04. The molecule has 0 aliphatic heterocycles. The minimum Gasteiger partial charge on any atom is -0.394 e. The number of aromatic nitrogens is 2. The molecule has 0 fully saturated rings. The van der Waals surface area contributed by atoms with Crippen LogP contribution in [0.3, 0.4) is 0 Å². The molecule has 0 saturated heterocycles. The molecule has 1 aromatic heterocycles. The lowest BCUT2D eigenvalue weighted by Gasteiger charge is -2.03. The third-order valence-corrected chi connectivity index (χ3v) is 2.52. The SMILES string of the molecule is Nc1c(-c2cccc(Br)c2)cn[nH]c1=O. The molecule has 2 rings (SSSR count). The quantitative estimate of drug-likeness (QED) is 0.826. The van der Waals surface area contributed by atoms with E-state index in [2.05, 4.69) is 26.1 Å². The highest BCUT2D eigenvalue weighted by atomic mass is 79.9. The van der Waals surface area contributed by atoms with Crippen LogP contribution in [-0.4, -0.2) is 10.2 Å². The first kappa shape index (κ1) is 9.92. The van der Waals surface area contributed by atoms with E-state index in [1.54, 1.807) is 6.20 Å². The molecule has 3 N–H and O–H groups in total. The van der Waals surface area contributed by atoms with Gasteiger partial charge in [0.1, 0.15) is 5.69 Å². The van der Waals surface area contributed by atoms with E-state index in [1.165, 1.54) is 0 Å². The molecule has 1 aromatic carbocycles. The predicted octanol–water partition coefficient (Wildman–Crippen LogP) is 1.78. The smallest absolute Gasteiger partial charge is 0.287 e. The Hall–Kier alpha value is -1.62. The Morgan fingerprint density at radius 1 is 1.40 bits per heavy atom. The number of nitrogens with zero attached hydrogens (tertiary/aromatic N) is 1. The molecular weight excluding hydrogens is 258 g/mol. The number of H-pyrrole nitrogens is 1. The fraction of sp³-hybridized carbons (Fsp3) is 0. The van der Waals surface area contributed by atoms with E-state index in [-0.39, 0.29) is 11.2 Å².